The maximum Gasteiger partial charge on any atom is 0.229 e. The number of hydrogen-bond acceptors (Lipinski definition) is 7. The van der Waals surface area contributed by atoms with E-state index >= 15 is 0 Å². The van der Waals surface area contributed by atoms with E-state index in [1.807, 2.05) is 30.3 Å². The van der Waals surface area contributed by atoms with Crippen molar-refractivity contribution in [2.24, 2.45) is 0 Å². The van der Waals surface area contributed by atoms with Crippen molar-refractivity contribution in [3.63, 3.8) is 0 Å². The molecule has 0 radical (unpaired) electrons. The molecule has 142 valence electrons. The number of nitrogens with two attached hydrogens (primary N) is 1. The molecule has 1 aliphatic heterocycles. The lowest BCUT2D eigenvalue weighted by Crippen LogP contribution is -2.37. The fourth-order valence-corrected chi connectivity index (χ4v) is 4.05. The number of aryl methyl sites for hydroxylation is 1. The van der Waals surface area contributed by atoms with Crippen molar-refractivity contribution in [2.45, 2.75) is 19.3 Å². The molecule has 1 aliphatic carbocycles. The number of hydrogen-bond donors (Lipinski definition) is 1. The zero-order chi connectivity index (χ0) is 19.1. The van der Waals surface area contributed by atoms with Gasteiger partial charge >= 0.3 is 0 Å². The number of ether oxygens (including phenoxy) is 1. The molecule has 2 aliphatic rings. The molecule has 5 rings (SSSR count). The molecule has 1 saturated heterocycles. The Labute approximate surface area is 162 Å². The summed E-state index contributed by atoms with van der Waals surface area (Å²) in [5.74, 6) is 1.05. The van der Waals surface area contributed by atoms with Gasteiger partial charge in [0.05, 0.1) is 24.3 Å². The maximum absolute atomic E-state index is 12.8. The van der Waals surface area contributed by atoms with Crippen LogP contribution >= 0.6 is 0 Å². The number of aromatic nitrogens is 3. The molecule has 7 heteroatoms. The van der Waals surface area contributed by atoms with Gasteiger partial charge in [-0.2, -0.15) is 9.97 Å². The van der Waals surface area contributed by atoms with Crippen LogP contribution in [-0.4, -0.2) is 47.0 Å². The largest absolute Gasteiger partial charge is 0.383 e. The highest BCUT2D eigenvalue weighted by Crippen LogP contribution is 2.38. The minimum Gasteiger partial charge on any atom is -0.383 e. The van der Waals surface area contributed by atoms with Crippen LogP contribution in [0.4, 0.5) is 11.8 Å². The molecule has 1 aromatic carbocycles. The van der Waals surface area contributed by atoms with E-state index in [1.165, 1.54) is 0 Å². The van der Waals surface area contributed by atoms with Gasteiger partial charge in [-0.15, -0.1) is 0 Å². The number of morpholine rings is 1. The molecule has 1 fully saturated rings. The van der Waals surface area contributed by atoms with Crippen molar-refractivity contribution in [3.05, 3.63) is 41.6 Å². The second kappa shape index (κ2) is 6.83. The molecule has 0 amide bonds. The summed E-state index contributed by atoms with van der Waals surface area (Å²) in [4.78, 5) is 28.9. The molecular weight excluding hydrogens is 354 g/mol. The molecule has 2 aromatic heterocycles. The van der Waals surface area contributed by atoms with Crippen LogP contribution in [0, 0.1) is 0 Å². The normalized spacial score (nSPS) is 17.0. The van der Waals surface area contributed by atoms with Crippen LogP contribution < -0.4 is 10.6 Å². The third-order valence-electron chi connectivity index (χ3n) is 5.39. The fraction of sp³-hybridized carbons (Fsp3) is 0.333. The second-order valence-corrected chi connectivity index (χ2v) is 7.16. The molecule has 3 heterocycles. The first-order chi connectivity index (χ1) is 13.7. The standard InChI is InChI=1S/C21H21N5O2/c22-19-18-16(13-5-2-1-3-6-13)17-14(7-4-8-15(17)27)23-20(18)25-21(24-19)26-9-11-28-12-10-26/h1-3,5-6H,4,7-12H2,(H2,22,23,24,25). The van der Waals surface area contributed by atoms with Crippen LogP contribution in [0.1, 0.15) is 28.9 Å². The average Bonchev–Trinajstić information content (AvgIpc) is 2.73. The molecule has 0 bridgehead atoms. The minimum atomic E-state index is 0.117. The molecule has 7 nitrogen and oxygen atoms in total. The Morgan fingerprint density at radius 1 is 0.964 bits per heavy atom. The maximum atomic E-state index is 12.8. The number of benzene rings is 1. The van der Waals surface area contributed by atoms with Gasteiger partial charge in [-0.1, -0.05) is 30.3 Å². The summed E-state index contributed by atoms with van der Waals surface area (Å²) >= 11 is 0. The first kappa shape index (κ1) is 17.1. The zero-order valence-corrected chi connectivity index (χ0v) is 15.5. The number of nitrogens with zero attached hydrogens (tertiary/aromatic N) is 4. The third-order valence-corrected chi connectivity index (χ3v) is 5.39. The van der Waals surface area contributed by atoms with Crippen LogP contribution in [0.3, 0.4) is 0 Å². The van der Waals surface area contributed by atoms with E-state index in [0.717, 1.165) is 42.8 Å². The Balaban J connectivity index is 1.79. The molecule has 2 N–H and O–H groups in total. The quantitative estimate of drug-likeness (QED) is 0.736. The van der Waals surface area contributed by atoms with Crippen molar-refractivity contribution in [1.29, 1.82) is 0 Å². The highest BCUT2D eigenvalue weighted by Gasteiger charge is 2.28. The highest BCUT2D eigenvalue weighted by molar-refractivity contribution is 6.13. The van der Waals surface area contributed by atoms with Crippen LogP contribution in [-0.2, 0) is 11.2 Å². The minimum absolute atomic E-state index is 0.117. The van der Waals surface area contributed by atoms with E-state index < -0.39 is 0 Å². The first-order valence-corrected chi connectivity index (χ1v) is 9.64. The SMILES string of the molecule is Nc1nc(N2CCOCC2)nc2nc3c(c(-c4ccccc4)c12)C(=O)CCC3. The van der Waals surface area contributed by atoms with Crippen LogP contribution in [0.5, 0.6) is 0 Å². The lowest BCUT2D eigenvalue weighted by molar-refractivity contribution is 0.0972. The van der Waals surface area contributed by atoms with Crippen molar-refractivity contribution in [2.75, 3.05) is 36.9 Å². The number of carbonyl (C=O) groups is 1. The van der Waals surface area contributed by atoms with Crippen LogP contribution in [0.25, 0.3) is 22.2 Å². The van der Waals surface area contributed by atoms with Crippen molar-refractivity contribution in [1.82, 2.24) is 15.0 Å². The Morgan fingerprint density at radius 2 is 1.75 bits per heavy atom. The lowest BCUT2D eigenvalue weighted by atomic mass is 9.86. The second-order valence-electron chi connectivity index (χ2n) is 7.16. The summed E-state index contributed by atoms with van der Waals surface area (Å²) < 4.78 is 5.42. The molecule has 0 unspecified atom stereocenters. The number of fused-ring (bicyclic) bond motifs is 2. The molecule has 0 atom stereocenters. The van der Waals surface area contributed by atoms with Crippen molar-refractivity contribution < 1.29 is 9.53 Å². The predicted octanol–water partition coefficient (Wildman–Crippen LogP) is 2.63. The summed E-state index contributed by atoms with van der Waals surface area (Å²) in [6.45, 7) is 2.73. The summed E-state index contributed by atoms with van der Waals surface area (Å²) in [7, 11) is 0. The average molecular weight is 375 g/mol. The van der Waals surface area contributed by atoms with Gasteiger partial charge < -0.3 is 15.4 Å². The van der Waals surface area contributed by atoms with Gasteiger partial charge in [0, 0.05) is 30.6 Å². The molecular formula is C21H21N5O2. The fourth-order valence-electron chi connectivity index (χ4n) is 4.05. The summed E-state index contributed by atoms with van der Waals surface area (Å²) in [6, 6.07) is 9.86. The van der Waals surface area contributed by atoms with E-state index in [-0.39, 0.29) is 5.78 Å². The Hall–Kier alpha value is -3.06. The van der Waals surface area contributed by atoms with Crippen molar-refractivity contribution >= 4 is 28.6 Å². The number of nitrogen functional groups attached to an aromatic ring is 1. The molecule has 0 spiro atoms. The Morgan fingerprint density at radius 3 is 2.54 bits per heavy atom. The number of pyridine rings is 1. The van der Waals surface area contributed by atoms with Crippen molar-refractivity contribution in [3.8, 4) is 11.1 Å². The molecule has 0 saturated carbocycles. The lowest BCUT2D eigenvalue weighted by Gasteiger charge is -2.27. The van der Waals surface area contributed by atoms with Gasteiger partial charge in [0.15, 0.2) is 11.4 Å². The number of Topliss-reactive ketones (excluding diaryl/α,β-unsaturated/α-hetero) is 1. The number of ketones is 1. The predicted molar refractivity (Wildman–Crippen MR) is 107 cm³/mol. The van der Waals surface area contributed by atoms with Crippen LogP contribution in [0.2, 0.25) is 0 Å². The van der Waals surface area contributed by atoms with Gasteiger partial charge in [-0.05, 0) is 18.4 Å². The third kappa shape index (κ3) is 2.79. The van der Waals surface area contributed by atoms with Gasteiger partial charge in [-0.25, -0.2) is 4.98 Å². The monoisotopic (exact) mass is 375 g/mol. The number of anilines is 2. The van der Waals surface area contributed by atoms with E-state index in [2.05, 4.69) is 9.88 Å². The van der Waals surface area contributed by atoms with Gasteiger partial charge in [0.2, 0.25) is 5.95 Å². The van der Waals surface area contributed by atoms with Crippen LogP contribution in [0.15, 0.2) is 30.3 Å². The number of rotatable bonds is 2. The zero-order valence-electron chi connectivity index (χ0n) is 15.5. The molecule has 3 aromatic rings. The summed E-state index contributed by atoms with van der Waals surface area (Å²) in [5, 5.41) is 0.664. The smallest absolute Gasteiger partial charge is 0.229 e. The van der Waals surface area contributed by atoms with Gasteiger partial charge in [0.1, 0.15) is 5.82 Å². The van der Waals surface area contributed by atoms with E-state index in [0.29, 0.717) is 48.0 Å². The van der Waals surface area contributed by atoms with Gasteiger partial charge in [0.25, 0.3) is 0 Å². The van der Waals surface area contributed by atoms with E-state index in [4.69, 9.17) is 20.4 Å². The number of carbonyl (C=O) groups excluding carboxylic acids is 1. The topological polar surface area (TPSA) is 94.2 Å². The van der Waals surface area contributed by atoms with E-state index in [1.54, 1.807) is 0 Å². The Bertz CT molecular complexity index is 1060. The van der Waals surface area contributed by atoms with Gasteiger partial charge in [-0.3, -0.25) is 4.79 Å². The molecule has 28 heavy (non-hydrogen) atoms. The Kier molecular flexibility index (Phi) is 4.16. The summed E-state index contributed by atoms with van der Waals surface area (Å²) in [6.07, 6.45) is 2.12. The van der Waals surface area contributed by atoms with E-state index in [9.17, 15) is 4.79 Å². The first-order valence-electron chi connectivity index (χ1n) is 9.64. The summed E-state index contributed by atoms with van der Waals surface area (Å²) in [5.41, 5.74) is 10.2. The highest BCUT2D eigenvalue weighted by atomic mass is 16.5.